The zero-order valence-electron chi connectivity index (χ0n) is 36.7. The largest absolute Gasteiger partial charge is 0.497 e. The van der Waals surface area contributed by atoms with Gasteiger partial charge in [-0.3, -0.25) is 9.88 Å². The number of carbonyl (C=O) groups is 1. The number of halogens is 1. The quantitative estimate of drug-likeness (QED) is 0.101. The molecule has 0 spiro atoms. The van der Waals surface area contributed by atoms with E-state index in [-0.39, 0.29) is 24.3 Å². The van der Waals surface area contributed by atoms with Gasteiger partial charge in [0, 0.05) is 82.2 Å². The molecule has 332 valence electrons. The van der Waals surface area contributed by atoms with Crippen LogP contribution in [-0.4, -0.2) is 113 Å². The molecule has 1 aliphatic carbocycles. The van der Waals surface area contributed by atoms with Gasteiger partial charge in [-0.1, -0.05) is 55.8 Å². The Bertz CT molecular complexity index is 2500. The van der Waals surface area contributed by atoms with Gasteiger partial charge in [0.15, 0.2) is 0 Å². The number of hydrogen-bond acceptors (Lipinski definition) is 13. The highest BCUT2D eigenvalue weighted by atomic mass is 35.5. The summed E-state index contributed by atoms with van der Waals surface area (Å²) in [5.74, 6) is 1.78. The maximum Gasteiger partial charge on any atom is 0.345 e. The Balaban J connectivity index is 1.07. The molecule has 0 amide bonds. The number of allylic oxidation sites excluding steroid dienone is 4. The van der Waals surface area contributed by atoms with Crippen LogP contribution < -0.4 is 19.1 Å². The highest BCUT2D eigenvalue weighted by molar-refractivity contribution is 7.13. The molecule has 2 aromatic carbocycles. The number of nitrogens with zero attached hydrogens (tertiary/aromatic N) is 7. The summed E-state index contributed by atoms with van der Waals surface area (Å²) in [5, 5.41) is 11.9. The lowest BCUT2D eigenvalue weighted by molar-refractivity contribution is -0.145. The number of likely N-dealkylation sites (N-methyl/N-ethyl adjacent to an activating group) is 1. The van der Waals surface area contributed by atoms with E-state index in [0.29, 0.717) is 58.6 Å². The molecular weight excluding hydrogens is 838 g/mol. The third-order valence-corrected chi connectivity index (χ3v) is 13.5. The Morgan fingerprint density at radius 1 is 1.02 bits per heavy atom. The number of hydrogen-bond donors (Lipinski definition) is 1. The van der Waals surface area contributed by atoms with Crippen LogP contribution in [-0.2, 0) is 22.6 Å². The van der Waals surface area contributed by atoms with E-state index >= 15 is 0 Å². The Morgan fingerprint density at radius 3 is 2.63 bits per heavy atom. The molecular formula is C48H56ClN7O6S. The standard InChI is InChI=1S/C48H56ClN7O6S/c1-31-36(14-15-38(43(31)49)60-25-24-55-22-20-54(4)21-23-55)41-42-40(28-51-44(41)33-11-8-12-35(26-33)59-5)63-53-45(42)62-39(46(57)58)27-32-10-6-7-13-37(32)61-29-34-16-18-50-47(52-34)56-19-9-17-48(2,3)30-56/h6-8,10-13,16,18,26,28,39H,9,14-15,17,19-25,27,29-30H2,1-5H3,(H,57,58)/t39-/m1/s1. The number of carboxylic acids is 1. The van der Waals surface area contributed by atoms with E-state index in [1.165, 1.54) is 18.0 Å². The number of pyridine rings is 1. The van der Waals surface area contributed by atoms with Crippen molar-refractivity contribution in [2.75, 3.05) is 71.5 Å². The van der Waals surface area contributed by atoms with E-state index in [2.05, 4.69) is 40.6 Å². The lowest BCUT2D eigenvalue weighted by Gasteiger charge is -2.38. The number of fused-ring (bicyclic) bond motifs is 1. The summed E-state index contributed by atoms with van der Waals surface area (Å²) in [4.78, 5) is 34.5. The molecule has 63 heavy (non-hydrogen) atoms. The third kappa shape index (κ3) is 10.4. The normalized spacial score (nSPS) is 17.8. The predicted octanol–water partition coefficient (Wildman–Crippen LogP) is 8.72. The average Bonchev–Trinajstić information content (AvgIpc) is 3.70. The summed E-state index contributed by atoms with van der Waals surface area (Å²) >= 11 is 8.39. The number of rotatable bonds is 16. The summed E-state index contributed by atoms with van der Waals surface area (Å²) in [7, 11) is 3.78. The summed E-state index contributed by atoms with van der Waals surface area (Å²) in [6.07, 6.45) is 5.74. The Morgan fingerprint density at radius 2 is 1.84 bits per heavy atom. The first-order valence-corrected chi connectivity index (χ1v) is 22.8. The molecule has 15 heteroatoms. The van der Waals surface area contributed by atoms with Crippen molar-refractivity contribution < 1.29 is 28.8 Å². The van der Waals surface area contributed by atoms with Crippen molar-refractivity contribution in [1.82, 2.24) is 29.1 Å². The molecule has 2 saturated heterocycles. The highest BCUT2D eigenvalue weighted by Crippen LogP contribution is 2.47. The van der Waals surface area contributed by atoms with Crippen LogP contribution in [0.1, 0.15) is 63.3 Å². The molecule has 1 atom stereocenters. The Kier molecular flexibility index (Phi) is 13.8. The number of carboxylic acid groups (broad SMARTS) is 1. The van der Waals surface area contributed by atoms with E-state index in [4.69, 9.17) is 44.9 Å². The number of para-hydroxylation sites is 1. The number of aromatic nitrogens is 4. The summed E-state index contributed by atoms with van der Waals surface area (Å²) < 4.78 is 30.3. The molecule has 0 saturated carbocycles. The highest BCUT2D eigenvalue weighted by Gasteiger charge is 2.31. The van der Waals surface area contributed by atoms with Crippen molar-refractivity contribution in [1.29, 1.82) is 0 Å². The minimum atomic E-state index is -1.29. The fourth-order valence-electron chi connectivity index (χ4n) is 8.66. The van der Waals surface area contributed by atoms with Gasteiger partial charge in [-0.15, -0.1) is 0 Å². The number of ether oxygens (including phenoxy) is 4. The molecule has 2 aliphatic heterocycles. The van der Waals surface area contributed by atoms with Gasteiger partial charge in [-0.05, 0) is 91.2 Å². The molecule has 2 fully saturated rings. The fourth-order valence-corrected chi connectivity index (χ4v) is 9.62. The second kappa shape index (κ2) is 19.6. The fraction of sp³-hybridized carbons (Fsp3) is 0.438. The van der Waals surface area contributed by atoms with E-state index < -0.39 is 12.1 Å². The predicted molar refractivity (Wildman–Crippen MR) is 248 cm³/mol. The van der Waals surface area contributed by atoms with Crippen LogP contribution in [0.5, 0.6) is 17.4 Å². The Labute approximate surface area is 378 Å². The smallest absolute Gasteiger partial charge is 0.345 e. The first-order chi connectivity index (χ1) is 30.5. The molecule has 5 aromatic rings. The van der Waals surface area contributed by atoms with Crippen LogP contribution in [0.2, 0.25) is 0 Å². The van der Waals surface area contributed by atoms with Gasteiger partial charge in [-0.2, -0.15) is 4.37 Å². The number of piperidine rings is 1. The minimum Gasteiger partial charge on any atom is -0.497 e. The van der Waals surface area contributed by atoms with Crippen molar-refractivity contribution in [2.24, 2.45) is 5.41 Å². The maximum atomic E-state index is 13.1. The van der Waals surface area contributed by atoms with Gasteiger partial charge in [0.2, 0.25) is 17.9 Å². The number of methoxy groups -OCH3 is 1. The molecule has 3 aliphatic rings. The average molecular weight is 895 g/mol. The third-order valence-electron chi connectivity index (χ3n) is 12.2. The SMILES string of the molecule is COc1cccc(-c2ncc3snc(O[C@H](Cc4ccccc4OCc4ccnc(N5CCCC(C)(C)C5)n4)C(=O)O)c3c2C2=C(C)C(Cl)=C(OCCN3CCN(C)CC3)CC2)c1. The number of aliphatic carboxylic acids is 1. The number of anilines is 1. The number of benzene rings is 2. The summed E-state index contributed by atoms with van der Waals surface area (Å²) in [6, 6.07) is 17.0. The Hall–Kier alpha value is -5.28. The van der Waals surface area contributed by atoms with Gasteiger partial charge in [-0.25, -0.2) is 14.8 Å². The van der Waals surface area contributed by atoms with Crippen molar-refractivity contribution in [3.8, 4) is 28.6 Å². The second-order valence-electron chi connectivity index (χ2n) is 17.4. The topological polar surface area (TPSA) is 136 Å². The van der Waals surface area contributed by atoms with Gasteiger partial charge >= 0.3 is 5.97 Å². The van der Waals surface area contributed by atoms with Crippen molar-refractivity contribution in [3.63, 3.8) is 0 Å². The first kappa shape index (κ1) is 44.3. The van der Waals surface area contributed by atoms with Crippen LogP contribution in [0.25, 0.3) is 26.9 Å². The molecule has 3 aromatic heterocycles. The van der Waals surface area contributed by atoms with Crippen LogP contribution in [0, 0.1) is 5.41 Å². The summed E-state index contributed by atoms with van der Waals surface area (Å²) in [5.41, 5.74) is 5.75. The molecule has 5 heterocycles. The zero-order valence-corrected chi connectivity index (χ0v) is 38.3. The van der Waals surface area contributed by atoms with Crippen LogP contribution in [0.3, 0.4) is 0 Å². The molecule has 0 unspecified atom stereocenters. The van der Waals surface area contributed by atoms with Gasteiger partial charge in [0.05, 0.1) is 33.6 Å². The maximum absolute atomic E-state index is 13.1. The lowest BCUT2D eigenvalue weighted by Crippen LogP contribution is -2.45. The zero-order chi connectivity index (χ0) is 44.1. The molecule has 0 bridgehead atoms. The lowest BCUT2D eigenvalue weighted by atomic mass is 9.84. The number of piperazine rings is 1. The van der Waals surface area contributed by atoms with E-state index in [1.807, 2.05) is 61.5 Å². The molecule has 1 N–H and O–H groups in total. The van der Waals surface area contributed by atoms with Gasteiger partial charge in [0.1, 0.15) is 30.5 Å². The van der Waals surface area contributed by atoms with E-state index in [9.17, 15) is 9.90 Å². The second-order valence-corrected chi connectivity index (χ2v) is 18.5. The summed E-state index contributed by atoms with van der Waals surface area (Å²) in [6.45, 7) is 14.1. The van der Waals surface area contributed by atoms with Crippen molar-refractivity contribution in [3.05, 3.63) is 100 Å². The van der Waals surface area contributed by atoms with Crippen molar-refractivity contribution >= 4 is 50.7 Å². The minimum absolute atomic E-state index is 0.0245. The van der Waals surface area contributed by atoms with Crippen molar-refractivity contribution in [2.45, 2.75) is 65.6 Å². The van der Waals surface area contributed by atoms with Gasteiger partial charge < -0.3 is 33.9 Å². The first-order valence-electron chi connectivity index (χ1n) is 21.7. The molecule has 13 nitrogen and oxygen atoms in total. The molecule has 8 rings (SSSR count). The van der Waals surface area contributed by atoms with Crippen LogP contribution in [0.4, 0.5) is 5.95 Å². The monoisotopic (exact) mass is 893 g/mol. The van der Waals surface area contributed by atoms with Gasteiger partial charge in [0.25, 0.3) is 0 Å². The molecule has 0 radical (unpaired) electrons. The van der Waals surface area contributed by atoms with Crippen LogP contribution >= 0.6 is 23.1 Å². The van der Waals surface area contributed by atoms with E-state index in [1.54, 1.807) is 19.5 Å². The van der Waals surface area contributed by atoms with Crippen LogP contribution in [0.15, 0.2) is 83.4 Å². The van der Waals surface area contributed by atoms with E-state index in [0.717, 1.165) is 90.7 Å².